The van der Waals surface area contributed by atoms with Gasteiger partial charge in [-0.3, -0.25) is 0 Å². The first-order valence-corrected chi connectivity index (χ1v) is 6.47. The van der Waals surface area contributed by atoms with Crippen molar-refractivity contribution in [2.75, 3.05) is 0 Å². The van der Waals surface area contributed by atoms with Crippen molar-refractivity contribution < 1.29 is 13.2 Å². The highest BCUT2D eigenvalue weighted by Crippen LogP contribution is 2.12. The van der Waals surface area contributed by atoms with Crippen LogP contribution >= 0.6 is 0 Å². The summed E-state index contributed by atoms with van der Waals surface area (Å²) >= 11 is 0. The number of hydrogen-bond donors (Lipinski definition) is 1. The van der Waals surface area contributed by atoms with Crippen molar-refractivity contribution >= 4 is 0 Å². The minimum absolute atomic E-state index is 0.0467. The van der Waals surface area contributed by atoms with E-state index in [-0.39, 0.29) is 24.0 Å². The molecule has 0 aliphatic heterocycles. The molecule has 1 atom stereocenters. The van der Waals surface area contributed by atoms with E-state index in [1.54, 1.807) is 18.2 Å². The zero-order valence-electron chi connectivity index (χ0n) is 11.2. The maximum atomic E-state index is 13.5. The van der Waals surface area contributed by atoms with E-state index >= 15 is 0 Å². The van der Waals surface area contributed by atoms with Crippen molar-refractivity contribution in [1.29, 1.82) is 0 Å². The molecule has 20 heavy (non-hydrogen) atoms. The fourth-order valence-electron chi connectivity index (χ4n) is 2.03. The molecule has 0 bridgehead atoms. The van der Waals surface area contributed by atoms with Gasteiger partial charge in [0.05, 0.1) is 0 Å². The molecule has 0 radical (unpaired) electrons. The maximum absolute atomic E-state index is 13.5. The standard InChI is InChI=1S/C16H16F3N/c1-11(8-12-4-2-3-5-15(12)18)20-10-13-9-14(17)6-7-16(13)19/h2-7,9,11,20H,8,10H2,1H3. The van der Waals surface area contributed by atoms with Crippen molar-refractivity contribution in [2.24, 2.45) is 0 Å². The van der Waals surface area contributed by atoms with Crippen LogP contribution in [-0.2, 0) is 13.0 Å². The number of nitrogens with one attached hydrogen (secondary N) is 1. The number of hydrogen-bond acceptors (Lipinski definition) is 1. The van der Waals surface area contributed by atoms with Gasteiger partial charge in [0.25, 0.3) is 0 Å². The Morgan fingerprint density at radius 2 is 1.65 bits per heavy atom. The Balaban J connectivity index is 1.94. The Kier molecular flexibility index (Phi) is 4.79. The zero-order valence-corrected chi connectivity index (χ0v) is 11.2. The molecule has 2 aromatic rings. The summed E-state index contributed by atoms with van der Waals surface area (Å²) in [7, 11) is 0. The van der Waals surface area contributed by atoms with Crippen LogP contribution in [0.25, 0.3) is 0 Å². The van der Waals surface area contributed by atoms with Gasteiger partial charge in [-0.2, -0.15) is 0 Å². The van der Waals surface area contributed by atoms with Crippen LogP contribution < -0.4 is 5.32 Å². The highest BCUT2D eigenvalue weighted by Gasteiger charge is 2.09. The first kappa shape index (κ1) is 14.6. The molecule has 1 nitrogen and oxygen atoms in total. The fourth-order valence-corrected chi connectivity index (χ4v) is 2.03. The molecule has 4 heteroatoms. The Hall–Kier alpha value is -1.81. The van der Waals surface area contributed by atoms with Gasteiger partial charge in [-0.15, -0.1) is 0 Å². The van der Waals surface area contributed by atoms with Crippen LogP contribution in [0.5, 0.6) is 0 Å². The third kappa shape index (κ3) is 3.84. The van der Waals surface area contributed by atoms with E-state index in [2.05, 4.69) is 5.32 Å². The Morgan fingerprint density at radius 3 is 2.40 bits per heavy atom. The van der Waals surface area contributed by atoms with Crippen molar-refractivity contribution in [3.05, 3.63) is 71.0 Å². The fraction of sp³-hybridized carbons (Fsp3) is 0.250. The molecule has 0 amide bonds. The SMILES string of the molecule is CC(Cc1ccccc1F)NCc1cc(F)ccc1F. The van der Waals surface area contributed by atoms with Gasteiger partial charge in [-0.25, -0.2) is 13.2 Å². The first-order valence-electron chi connectivity index (χ1n) is 6.47. The van der Waals surface area contributed by atoms with E-state index in [1.807, 2.05) is 6.92 Å². The van der Waals surface area contributed by atoms with E-state index < -0.39 is 11.6 Å². The van der Waals surface area contributed by atoms with Gasteiger partial charge in [0.15, 0.2) is 0 Å². The van der Waals surface area contributed by atoms with Crippen LogP contribution in [0.1, 0.15) is 18.1 Å². The summed E-state index contributed by atoms with van der Waals surface area (Å²) in [5.74, 6) is -1.17. The number of benzene rings is 2. The van der Waals surface area contributed by atoms with Gasteiger partial charge >= 0.3 is 0 Å². The Labute approximate surface area is 116 Å². The smallest absolute Gasteiger partial charge is 0.127 e. The average Bonchev–Trinajstić information content (AvgIpc) is 2.42. The van der Waals surface area contributed by atoms with Crippen LogP contribution in [0.15, 0.2) is 42.5 Å². The summed E-state index contributed by atoms with van der Waals surface area (Å²) in [4.78, 5) is 0. The molecule has 0 heterocycles. The molecule has 0 aliphatic carbocycles. The minimum atomic E-state index is -0.468. The molecule has 0 saturated heterocycles. The molecule has 0 aliphatic rings. The summed E-state index contributed by atoms with van der Waals surface area (Å²) < 4.78 is 40.0. The molecular weight excluding hydrogens is 263 g/mol. The molecule has 106 valence electrons. The van der Waals surface area contributed by atoms with Crippen LogP contribution in [-0.4, -0.2) is 6.04 Å². The van der Waals surface area contributed by atoms with Gasteiger partial charge < -0.3 is 5.32 Å². The highest BCUT2D eigenvalue weighted by atomic mass is 19.1. The van der Waals surface area contributed by atoms with Crippen molar-refractivity contribution in [1.82, 2.24) is 5.32 Å². The van der Waals surface area contributed by atoms with Gasteiger partial charge in [0, 0.05) is 18.2 Å². The summed E-state index contributed by atoms with van der Waals surface area (Å²) in [6, 6.07) is 9.85. The molecule has 2 aromatic carbocycles. The van der Waals surface area contributed by atoms with Crippen LogP contribution in [0.3, 0.4) is 0 Å². The summed E-state index contributed by atoms with van der Waals surface area (Å²) in [6.45, 7) is 2.09. The lowest BCUT2D eigenvalue weighted by atomic mass is 10.1. The molecule has 0 fully saturated rings. The minimum Gasteiger partial charge on any atom is -0.310 e. The average molecular weight is 279 g/mol. The second-order valence-electron chi connectivity index (χ2n) is 4.81. The lowest BCUT2D eigenvalue weighted by Crippen LogP contribution is -2.28. The summed E-state index contributed by atoms with van der Waals surface area (Å²) in [5, 5.41) is 3.07. The third-order valence-corrected chi connectivity index (χ3v) is 3.13. The highest BCUT2D eigenvalue weighted by molar-refractivity contribution is 5.20. The van der Waals surface area contributed by atoms with E-state index in [0.29, 0.717) is 12.0 Å². The van der Waals surface area contributed by atoms with Gasteiger partial charge in [0.1, 0.15) is 17.5 Å². The van der Waals surface area contributed by atoms with Crippen LogP contribution in [0, 0.1) is 17.5 Å². The van der Waals surface area contributed by atoms with Gasteiger partial charge in [-0.1, -0.05) is 18.2 Å². The predicted octanol–water partition coefficient (Wildman–Crippen LogP) is 3.82. The maximum Gasteiger partial charge on any atom is 0.127 e. The molecule has 1 N–H and O–H groups in total. The second kappa shape index (κ2) is 6.57. The molecule has 1 unspecified atom stereocenters. The van der Waals surface area contributed by atoms with Crippen molar-refractivity contribution in [3.8, 4) is 0 Å². The topological polar surface area (TPSA) is 12.0 Å². The van der Waals surface area contributed by atoms with Gasteiger partial charge in [0.2, 0.25) is 0 Å². The molecule has 2 rings (SSSR count). The summed E-state index contributed by atoms with van der Waals surface area (Å²) in [6.07, 6.45) is 0.490. The van der Waals surface area contributed by atoms with Crippen molar-refractivity contribution in [2.45, 2.75) is 25.9 Å². The predicted molar refractivity (Wildman–Crippen MR) is 72.8 cm³/mol. The van der Waals surface area contributed by atoms with E-state index in [0.717, 1.165) is 18.2 Å². The lowest BCUT2D eigenvalue weighted by molar-refractivity contribution is 0.508. The number of halogens is 3. The molecule has 0 spiro atoms. The lowest BCUT2D eigenvalue weighted by Gasteiger charge is -2.14. The van der Waals surface area contributed by atoms with Gasteiger partial charge in [-0.05, 0) is 43.2 Å². The largest absolute Gasteiger partial charge is 0.310 e. The van der Waals surface area contributed by atoms with Crippen LogP contribution in [0.2, 0.25) is 0 Å². The zero-order chi connectivity index (χ0) is 14.5. The Bertz CT molecular complexity index is 584. The van der Waals surface area contributed by atoms with E-state index in [1.165, 1.54) is 6.07 Å². The Morgan fingerprint density at radius 1 is 0.950 bits per heavy atom. The number of rotatable bonds is 5. The normalized spacial score (nSPS) is 12.4. The van der Waals surface area contributed by atoms with E-state index in [4.69, 9.17) is 0 Å². The van der Waals surface area contributed by atoms with E-state index in [9.17, 15) is 13.2 Å². The second-order valence-corrected chi connectivity index (χ2v) is 4.81. The first-order chi connectivity index (χ1) is 9.56. The van der Waals surface area contributed by atoms with Crippen LogP contribution in [0.4, 0.5) is 13.2 Å². The quantitative estimate of drug-likeness (QED) is 0.877. The summed E-state index contributed by atoms with van der Waals surface area (Å²) in [5.41, 5.74) is 0.873. The molecule has 0 aromatic heterocycles. The molecule has 0 saturated carbocycles. The molecular formula is C16H16F3N. The monoisotopic (exact) mass is 279 g/mol. The van der Waals surface area contributed by atoms with Crippen molar-refractivity contribution in [3.63, 3.8) is 0 Å². The third-order valence-electron chi connectivity index (χ3n) is 3.13.